The molecule has 0 spiro atoms. The Balaban J connectivity index is 1.45. The standard InChI is InChI=1S/C25H31NO/c1-2-3-4-5-20-6-12-23(13-7-20)24-14-8-22(9-15-24)19-27-25-16-10-21(18-26)11-17-25/h8-11,14-17,20,23H,2-7,12-13,19H2,1H3. The van der Waals surface area contributed by atoms with E-state index in [1.54, 1.807) is 12.1 Å². The maximum absolute atomic E-state index is 8.84. The first-order valence-electron chi connectivity index (χ1n) is 10.5. The summed E-state index contributed by atoms with van der Waals surface area (Å²) in [5.41, 5.74) is 3.34. The van der Waals surface area contributed by atoms with Crippen LogP contribution in [0.15, 0.2) is 48.5 Å². The Morgan fingerprint density at radius 1 is 0.926 bits per heavy atom. The van der Waals surface area contributed by atoms with Crippen molar-refractivity contribution < 1.29 is 4.74 Å². The number of nitriles is 1. The molecule has 0 N–H and O–H groups in total. The quantitative estimate of drug-likeness (QED) is 0.475. The van der Waals surface area contributed by atoms with E-state index in [9.17, 15) is 0 Å². The van der Waals surface area contributed by atoms with Gasteiger partial charge in [-0.2, -0.15) is 5.26 Å². The van der Waals surface area contributed by atoms with Crippen molar-refractivity contribution in [1.82, 2.24) is 0 Å². The van der Waals surface area contributed by atoms with Crippen molar-refractivity contribution >= 4 is 0 Å². The maximum atomic E-state index is 8.84. The van der Waals surface area contributed by atoms with Gasteiger partial charge in [-0.05, 0) is 72.9 Å². The highest BCUT2D eigenvalue weighted by atomic mass is 16.5. The molecule has 2 nitrogen and oxygen atoms in total. The molecule has 2 aromatic carbocycles. The van der Waals surface area contributed by atoms with Gasteiger partial charge in [0.2, 0.25) is 0 Å². The third kappa shape index (κ3) is 5.86. The molecule has 27 heavy (non-hydrogen) atoms. The van der Waals surface area contributed by atoms with Crippen LogP contribution >= 0.6 is 0 Å². The van der Waals surface area contributed by atoms with Crippen molar-refractivity contribution in [2.24, 2.45) is 5.92 Å². The Morgan fingerprint density at radius 3 is 2.26 bits per heavy atom. The van der Waals surface area contributed by atoms with Gasteiger partial charge in [0.25, 0.3) is 0 Å². The predicted molar refractivity (Wildman–Crippen MR) is 111 cm³/mol. The Morgan fingerprint density at radius 2 is 1.63 bits per heavy atom. The summed E-state index contributed by atoms with van der Waals surface area (Å²) >= 11 is 0. The van der Waals surface area contributed by atoms with Crippen molar-refractivity contribution in [3.63, 3.8) is 0 Å². The predicted octanol–water partition coefficient (Wildman–Crippen LogP) is 6.99. The minimum absolute atomic E-state index is 0.566. The molecule has 1 fully saturated rings. The normalized spacial score (nSPS) is 19.4. The Labute approximate surface area is 164 Å². The lowest BCUT2D eigenvalue weighted by Crippen LogP contribution is -2.13. The Kier molecular flexibility index (Phi) is 7.34. The molecule has 0 heterocycles. The summed E-state index contributed by atoms with van der Waals surface area (Å²) in [5.74, 6) is 2.51. The summed E-state index contributed by atoms with van der Waals surface area (Å²) in [6.45, 7) is 2.85. The summed E-state index contributed by atoms with van der Waals surface area (Å²) in [7, 11) is 0. The van der Waals surface area contributed by atoms with E-state index in [-0.39, 0.29) is 0 Å². The fourth-order valence-corrected chi connectivity index (χ4v) is 4.15. The lowest BCUT2D eigenvalue weighted by molar-refractivity contribution is 0.301. The molecule has 0 bridgehead atoms. The fourth-order valence-electron chi connectivity index (χ4n) is 4.15. The van der Waals surface area contributed by atoms with Crippen molar-refractivity contribution in [1.29, 1.82) is 5.26 Å². The van der Waals surface area contributed by atoms with Gasteiger partial charge < -0.3 is 4.74 Å². The first kappa shape index (κ1) is 19.5. The lowest BCUT2D eigenvalue weighted by Gasteiger charge is -2.29. The molecule has 0 aromatic heterocycles. The molecule has 1 aliphatic carbocycles. The minimum Gasteiger partial charge on any atom is -0.489 e. The van der Waals surface area contributed by atoms with Gasteiger partial charge in [-0.15, -0.1) is 0 Å². The van der Waals surface area contributed by atoms with E-state index >= 15 is 0 Å². The smallest absolute Gasteiger partial charge is 0.119 e. The average molecular weight is 362 g/mol. The zero-order valence-corrected chi connectivity index (χ0v) is 16.5. The summed E-state index contributed by atoms with van der Waals surface area (Å²) in [6, 6.07) is 18.4. The lowest BCUT2D eigenvalue weighted by atomic mass is 9.77. The van der Waals surface area contributed by atoms with E-state index in [0.717, 1.165) is 17.6 Å². The molecule has 142 valence electrons. The monoisotopic (exact) mass is 361 g/mol. The summed E-state index contributed by atoms with van der Waals surface area (Å²) in [4.78, 5) is 0. The minimum atomic E-state index is 0.566. The molecule has 0 saturated heterocycles. The van der Waals surface area contributed by atoms with Crippen LogP contribution in [-0.4, -0.2) is 0 Å². The van der Waals surface area contributed by atoms with E-state index in [2.05, 4.69) is 37.3 Å². The van der Waals surface area contributed by atoms with Gasteiger partial charge in [0.1, 0.15) is 12.4 Å². The summed E-state index contributed by atoms with van der Waals surface area (Å²) in [5, 5.41) is 8.84. The molecule has 2 aromatic rings. The Hall–Kier alpha value is -2.27. The van der Waals surface area contributed by atoms with Gasteiger partial charge in [0.15, 0.2) is 0 Å². The van der Waals surface area contributed by atoms with E-state index in [1.165, 1.54) is 62.5 Å². The number of unbranched alkanes of at least 4 members (excludes halogenated alkanes) is 2. The van der Waals surface area contributed by atoms with Crippen LogP contribution in [0.3, 0.4) is 0 Å². The van der Waals surface area contributed by atoms with Crippen LogP contribution in [-0.2, 0) is 6.61 Å². The van der Waals surface area contributed by atoms with Gasteiger partial charge in [-0.1, -0.05) is 56.9 Å². The maximum Gasteiger partial charge on any atom is 0.119 e. The second kappa shape index (κ2) is 10.2. The zero-order valence-electron chi connectivity index (χ0n) is 16.5. The molecule has 1 aliphatic rings. The van der Waals surface area contributed by atoms with Crippen molar-refractivity contribution in [2.75, 3.05) is 0 Å². The van der Waals surface area contributed by atoms with E-state index in [4.69, 9.17) is 10.00 Å². The molecule has 0 radical (unpaired) electrons. The van der Waals surface area contributed by atoms with E-state index < -0.39 is 0 Å². The first-order valence-corrected chi connectivity index (χ1v) is 10.5. The number of benzene rings is 2. The fraction of sp³-hybridized carbons (Fsp3) is 0.480. The number of hydrogen-bond donors (Lipinski definition) is 0. The van der Waals surface area contributed by atoms with Crippen molar-refractivity contribution in [3.05, 3.63) is 65.2 Å². The second-order valence-electron chi connectivity index (χ2n) is 7.88. The van der Waals surface area contributed by atoms with Crippen LogP contribution in [0.25, 0.3) is 0 Å². The molecule has 0 atom stereocenters. The van der Waals surface area contributed by atoms with Crippen LogP contribution in [0.1, 0.15) is 80.9 Å². The van der Waals surface area contributed by atoms with Gasteiger partial charge in [0, 0.05) is 0 Å². The molecule has 0 aliphatic heterocycles. The molecule has 0 unspecified atom stereocenters. The molecule has 1 saturated carbocycles. The van der Waals surface area contributed by atoms with Crippen LogP contribution in [0.5, 0.6) is 5.75 Å². The summed E-state index contributed by atoms with van der Waals surface area (Å²) < 4.78 is 5.83. The first-order chi connectivity index (χ1) is 13.3. The third-order valence-corrected chi connectivity index (χ3v) is 5.90. The molecule has 0 amide bonds. The zero-order chi connectivity index (χ0) is 18.9. The third-order valence-electron chi connectivity index (χ3n) is 5.90. The largest absolute Gasteiger partial charge is 0.489 e. The topological polar surface area (TPSA) is 33.0 Å². The van der Waals surface area contributed by atoms with Gasteiger partial charge in [-0.3, -0.25) is 0 Å². The van der Waals surface area contributed by atoms with Gasteiger partial charge in [0.05, 0.1) is 11.6 Å². The van der Waals surface area contributed by atoms with Crippen molar-refractivity contribution in [3.8, 4) is 11.8 Å². The van der Waals surface area contributed by atoms with Crippen LogP contribution in [0.2, 0.25) is 0 Å². The highest BCUT2D eigenvalue weighted by Gasteiger charge is 2.21. The van der Waals surface area contributed by atoms with Crippen LogP contribution in [0, 0.1) is 17.2 Å². The molecule has 3 rings (SSSR count). The van der Waals surface area contributed by atoms with E-state index in [0.29, 0.717) is 12.2 Å². The highest BCUT2D eigenvalue weighted by molar-refractivity contribution is 5.34. The van der Waals surface area contributed by atoms with Crippen LogP contribution in [0.4, 0.5) is 0 Å². The van der Waals surface area contributed by atoms with Gasteiger partial charge >= 0.3 is 0 Å². The number of hydrogen-bond acceptors (Lipinski definition) is 2. The molecular formula is C25H31NO. The van der Waals surface area contributed by atoms with Gasteiger partial charge in [-0.25, -0.2) is 0 Å². The Bertz CT molecular complexity index is 718. The van der Waals surface area contributed by atoms with Crippen molar-refractivity contribution in [2.45, 2.75) is 70.8 Å². The molecule has 2 heteroatoms. The number of ether oxygens (including phenoxy) is 1. The average Bonchev–Trinajstić information content (AvgIpc) is 2.74. The SMILES string of the molecule is CCCCCC1CCC(c2ccc(COc3ccc(C#N)cc3)cc2)CC1. The summed E-state index contributed by atoms with van der Waals surface area (Å²) in [6.07, 6.45) is 11.1. The molecular weight excluding hydrogens is 330 g/mol. The number of nitrogens with zero attached hydrogens (tertiary/aromatic N) is 1. The van der Waals surface area contributed by atoms with Crippen LogP contribution < -0.4 is 4.74 Å². The van der Waals surface area contributed by atoms with E-state index in [1.807, 2.05) is 12.1 Å². The highest BCUT2D eigenvalue weighted by Crippen LogP contribution is 2.37. The second-order valence-corrected chi connectivity index (χ2v) is 7.88. The number of rotatable bonds is 8.